The van der Waals surface area contributed by atoms with Crippen LogP contribution in [0.1, 0.15) is 0 Å². The van der Waals surface area contributed by atoms with Gasteiger partial charge in [-0.15, -0.1) is 0 Å². The Morgan fingerprint density at radius 2 is 1.95 bits per heavy atom. The van der Waals surface area contributed by atoms with Crippen LogP contribution in [0.25, 0.3) is 0 Å². The first kappa shape index (κ1) is 14.9. The molecule has 1 aliphatic rings. The summed E-state index contributed by atoms with van der Waals surface area (Å²) in [7, 11) is 0. The van der Waals surface area contributed by atoms with E-state index in [-0.39, 0.29) is 6.54 Å². The molecule has 108 valence electrons. The minimum Gasteiger partial charge on any atom is -0.480 e. The van der Waals surface area contributed by atoms with Gasteiger partial charge in [0.05, 0.1) is 0 Å². The number of hydrogen-bond donors (Lipinski definition) is 3. The van der Waals surface area contributed by atoms with Crippen molar-refractivity contribution >= 4 is 40.9 Å². The molecule has 3 N–H and O–H groups in total. The molecule has 6 nitrogen and oxygen atoms in total. The number of anilines is 1. The summed E-state index contributed by atoms with van der Waals surface area (Å²) in [6.07, 6.45) is 0. The van der Waals surface area contributed by atoms with Crippen molar-refractivity contribution in [2.24, 2.45) is 0 Å². The molecule has 1 aliphatic heterocycles. The molecule has 1 heterocycles. The zero-order valence-corrected chi connectivity index (χ0v) is 11.9. The van der Waals surface area contributed by atoms with Gasteiger partial charge in [0.15, 0.2) is 0 Å². The molecule has 0 aromatic heterocycles. The molecule has 0 spiro atoms. The topological polar surface area (TPSA) is 81.7 Å². The predicted octanol–water partition coefficient (Wildman–Crippen LogP) is 1.88. The summed E-state index contributed by atoms with van der Waals surface area (Å²) in [6, 6.07) is 3.26. The van der Waals surface area contributed by atoms with Gasteiger partial charge in [-0.1, -0.05) is 23.2 Å². The molecule has 0 aliphatic carbocycles. The van der Waals surface area contributed by atoms with Crippen LogP contribution in [0.2, 0.25) is 10.0 Å². The lowest BCUT2D eigenvalue weighted by Gasteiger charge is -2.33. The van der Waals surface area contributed by atoms with Gasteiger partial charge >= 0.3 is 12.0 Å². The average molecular weight is 318 g/mol. The number of halogens is 2. The van der Waals surface area contributed by atoms with Crippen molar-refractivity contribution in [1.82, 2.24) is 10.2 Å². The third-order valence-corrected chi connectivity index (χ3v) is 3.34. The van der Waals surface area contributed by atoms with Crippen LogP contribution in [0.4, 0.5) is 10.5 Å². The Hall–Kier alpha value is -1.50. The Kier molecular flexibility index (Phi) is 4.69. The third kappa shape index (κ3) is 3.53. The molecular formula is C12H13Cl2N3O3. The first-order valence-corrected chi connectivity index (χ1v) is 6.70. The molecule has 2 rings (SSSR count). The van der Waals surface area contributed by atoms with Crippen molar-refractivity contribution in [1.29, 1.82) is 0 Å². The van der Waals surface area contributed by atoms with E-state index in [2.05, 4.69) is 10.6 Å². The Morgan fingerprint density at radius 3 is 2.55 bits per heavy atom. The lowest BCUT2D eigenvalue weighted by Crippen LogP contribution is -2.58. The monoisotopic (exact) mass is 317 g/mol. The van der Waals surface area contributed by atoms with Crippen molar-refractivity contribution in [3.8, 4) is 0 Å². The number of nitrogens with zero attached hydrogens (tertiary/aromatic N) is 1. The normalized spacial score (nSPS) is 18.7. The molecule has 2 amide bonds. The highest BCUT2D eigenvalue weighted by Crippen LogP contribution is 2.23. The summed E-state index contributed by atoms with van der Waals surface area (Å²) in [5.41, 5.74) is 0.426. The van der Waals surface area contributed by atoms with Crippen LogP contribution in [0.5, 0.6) is 0 Å². The molecule has 8 heteroatoms. The van der Waals surface area contributed by atoms with Crippen LogP contribution in [-0.4, -0.2) is 47.7 Å². The van der Waals surface area contributed by atoms with E-state index >= 15 is 0 Å². The fourth-order valence-electron chi connectivity index (χ4n) is 1.99. The van der Waals surface area contributed by atoms with Gasteiger partial charge in [-0.05, 0) is 18.2 Å². The molecule has 1 fully saturated rings. The number of benzene rings is 1. The molecule has 1 unspecified atom stereocenters. The van der Waals surface area contributed by atoms with Crippen molar-refractivity contribution in [3.63, 3.8) is 0 Å². The van der Waals surface area contributed by atoms with E-state index in [1.165, 1.54) is 4.90 Å². The molecule has 1 aromatic carbocycles. The second kappa shape index (κ2) is 6.30. The lowest BCUT2D eigenvalue weighted by molar-refractivity contribution is -0.142. The van der Waals surface area contributed by atoms with Gasteiger partial charge < -0.3 is 20.6 Å². The van der Waals surface area contributed by atoms with Crippen LogP contribution < -0.4 is 10.6 Å². The van der Waals surface area contributed by atoms with Gasteiger partial charge in [-0.3, -0.25) is 0 Å². The number of nitrogens with one attached hydrogen (secondary N) is 2. The lowest BCUT2D eigenvalue weighted by atomic mass is 10.2. The summed E-state index contributed by atoms with van der Waals surface area (Å²) < 4.78 is 0. The molecule has 0 radical (unpaired) electrons. The van der Waals surface area contributed by atoms with Crippen molar-refractivity contribution in [2.45, 2.75) is 6.04 Å². The van der Waals surface area contributed by atoms with Crippen LogP contribution in [-0.2, 0) is 4.79 Å². The Balaban J connectivity index is 2.11. The predicted molar refractivity (Wildman–Crippen MR) is 76.5 cm³/mol. The van der Waals surface area contributed by atoms with E-state index < -0.39 is 18.0 Å². The Labute approximate surface area is 125 Å². The first-order chi connectivity index (χ1) is 9.47. The number of hydrogen-bond acceptors (Lipinski definition) is 3. The summed E-state index contributed by atoms with van der Waals surface area (Å²) >= 11 is 11.7. The van der Waals surface area contributed by atoms with Crippen LogP contribution in [0, 0.1) is 0 Å². The average Bonchev–Trinajstić information content (AvgIpc) is 2.37. The molecule has 20 heavy (non-hydrogen) atoms. The van der Waals surface area contributed by atoms with Gasteiger partial charge in [-0.25, -0.2) is 9.59 Å². The van der Waals surface area contributed by atoms with Crippen LogP contribution in [0.15, 0.2) is 18.2 Å². The standard InChI is InChI=1S/C12H13Cl2N3O3/c13-7-3-8(14)5-9(4-7)16-12(20)17-2-1-15-6-10(17)11(18)19/h3-5,10,15H,1-2,6H2,(H,16,20)(H,18,19). The van der Waals surface area contributed by atoms with Crippen LogP contribution in [0.3, 0.4) is 0 Å². The quantitative estimate of drug-likeness (QED) is 0.778. The maximum atomic E-state index is 12.1. The molecule has 1 aromatic rings. The number of carboxylic acids is 1. The van der Waals surface area contributed by atoms with Crippen LogP contribution >= 0.6 is 23.2 Å². The zero-order valence-electron chi connectivity index (χ0n) is 10.4. The summed E-state index contributed by atoms with van der Waals surface area (Å²) in [5.74, 6) is -1.04. The van der Waals surface area contributed by atoms with Crippen molar-refractivity contribution < 1.29 is 14.7 Å². The van der Waals surface area contributed by atoms with E-state index in [4.69, 9.17) is 28.3 Å². The van der Waals surface area contributed by atoms with Gasteiger partial charge in [0, 0.05) is 35.4 Å². The minimum absolute atomic E-state index is 0.221. The fraction of sp³-hybridized carbons (Fsp3) is 0.333. The van der Waals surface area contributed by atoms with Gasteiger partial charge in [-0.2, -0.15) is 0 Å². The number of carbonyl (C=O) groups excluding carboxylic acids is 1. The van der Waals surface area contributed by atoms with Gasteiger partial charge in [0.25, 0.3) is 0 Å². The highest BCUT2D eigenvalue weighted by atomic mass is 35.5. The van der Waals surface area contributed by atoms with E-state index in [0.29, 0.717) is 28.8 Å². The zero-order chi connectivity index (χ0) is 14.7. The second-order valence-corrected chi connectivity index (χ2v) is 5.21. The number of rotatable bonds is 2. The SMILES string of the molecule is O=C(O)C1CNCCN1C(=O)Nc1cc(Cl)cc(Cl)c1. The highest BCUT2D eigenvalue weighted by Gasteiger charge is 2.31. The number of aliphatic carboxylic acids is 1. The fourth-order valence-corrected chi connectivity index (χ4v) is 2.52. The molecule has 0 saturated carbocycles. The summed E-state index contributed by atoms with van der Waals surface area (Å²) in [4.78, 5) is 24.5. The van der Waals surface area contributed by atoms with Gasteiger partial charge in [0.2, 0.25) is 0 Å². The third-order valence-electron chi connectivity index (χ3n) is 2.90. The smallest absolute Gasteiger partial charge is 0.327 e. The number of piperazine rings is 1. The highest BCUT2D eigenvalue weighted by molar-refractivity contribution is 6.35. The Bertz CT molecular complexity index is 518. The Morgan fingerprint density at radius 1 is 1.30 bits per heavy atom. The number of carboxylic acid groups (broad SMARTS) is 1. The van der Waals surface area contributed by atoms with Crippen molar-refractivity contribution in [3.05, 3.63) is 28.2 Å². The number of amides is 2. The van der Waals surface area contributed by atoms with E-state index in [1.807, 2.05) is 0 Å². The first-order valence-electron chi connectivity index (χ1n) is 5.94. The second-order valence-electron chi connectivity index (χ2n) is 4.34. The van der Waals surface area contributed by atoms with E-state index in [1.54, 1.807) is 18.2 Å². The summed E-state index contributed by atoms with van der Waals surface area (Å²) in [5, 5.41) is 15.4. The largest absolute Gasteiger partial charge is 0.480 e. The van der Waals surface area contributed by atoms with Gasteiger partial charge in [0.1, 0.15) is 6.04 Å². The molecule has 0 bridgehead atoms. The molecule has 1 saturated heterocycles. The maximum Gasteiger partial charge on any atom is 0.327 e. The molecule has 1 atom stereocenters. The summed E-state index contributed by atoms with van der Waals surface area (Å²) in [6.45, 7) is 1.09. The number of urea groups is 1. The van der Waals surface area contributed by atoms with E-state index in [9.17, 15) is 9.59 Å². The maximum absolute atomic E-state index is 12.1. The molecular weight excluding hydrogens is 305 g/mol. The van der Waals surface area contributed by atoms with Crippen molar-refractivity contribution in [2.75, 3.05) is 25.0 Å². The minimum atomic E-state index is -1.04. The van der Waals surface area contributed by atoms with E-state index in [0.717, 1.165) is 0 Å². The number of carbonyl (C=O) groups is 2.